The van der Waals surface area contributed by atoms with E-state index in [0.717, 1.165) is 6.07 Å². The highest BCUT2D eigenvalue weighted by Gasteiger charge is 2.19. The quantitative estimate of drug-likeness (QED) is 0.668. The number of nitrogens with one attached hydrogen (secondary N) is 1. The predicted molar refractivity (Wildman–Crippen MR) is 67.3 cm³/mol. The Hall–Kier alpha value is -3.03. The van der Waals surface area contributed by atoms with Crippen molar-refractivity contribution < 1.29 is 9.85 Å². The number of non-ortho nitro benzene ring substituents is 1. The third-order valence-electron chi connectivity index (χ3n) is 2.33. The van der Waals surface area contributed by atoms with E-state index in [4.69, 9.17) is 0 Å². The summed E-state index contributed by atoms with van der Waals surface area (Å²) in [6.07, 6.45) is 3.06. The molecule has 0 aliphatic rings. The number of pyridine rings is 1. The van der Waals surface area contributed by atoms with Crippen molar-refractivity contribution in [3.63, 3.8) is 0 Å². The van der Waals surface area contributed by atoms with Gasteiger partial charge < -0.3 is 5.32 Å². The molecule has 1 heterocycles. The second kappa shape index (κ2) is 5.08. The summed E-state index contributed by atoms with van der Waals surface area (Å²) in [5.74, 6) is 0. The summed E-state index contributed by atoms with van der Waals surface area (Å²) >= 11 is 0. The van der Waals surface area contributed by atoms with Crippen molar-refractivity contribution in [2.45, 2.75) is 0 Å². The largest absolute Gasteiger partial charge is 0.349 e. The molecule has 8 nitrogen and oxygen atoms in total. The van der Waals surface area contributed by atoms with E-state index < -0.39 is 9.85 Å². The van der Waals surface area contributed by atoms with Crippen molar-refractivity contribution >= 4 is 22.7 Å². The Labute approximate surface area is 107 Å². The van der Waals surface area contributed by atoms with Crippen LogP contribution in [0, 0.1) is 20.2 Å². The molecule has 0 fully saturated rings. The van der Waals surface area contributed by atoms with E-state index in [2.05, 4.69) is 10.3 Å². The van der Waals surface area contributed by atoms with Crippen molar-refractivity contribution in [1.29, 1.82) is 0 Å². The summed E-state index contributed by atoms with van der Waals surface area (Å²) in [5, 5.41) is 24.3. The minimum Gasteiger partial charge on any atom is -0.349 e. The van der Waals surface area contributed by atoms with Crippen LogP contribution in [0.5, 0.6) is 0 Å². The van der Waals surface area contributed by atoms with Crippen molar-refractivity contribution in [1.82, 2.24) is 4.98 Å². The number of rotatable bonds is 4. The number of aromatic nitrogens is 1. The van der Waals surface area contributed by atoms with Gasteiger partial charge in [0.1, 0.15) is 5.69 Å². The lowest BCUT2D eigenvalue weighted by Gasteiger charge is -2.06. The molecule has 96 valence electrons. The molecular formula is C11H8N4O4. The molecule has 19 heavy (non-hydrogen) atoms. The van der Waals surface area contributed by atoms with Crippen LogP contribution in [0.1, 0.15) is 0 Å². The monoisotopic (exact) mass is 260 g/mol. The fraction of sp³-hybridized carbons (Fsp3) is 0. The third-order valence-corrected chi connectivity index (χ3v) is 2.33. The molecular weight excluding hydrogens is 252 g/mol. The number of nitro benzene ring substituents is 2. The molecule has 1 aromatic carbocycles. The molecule has 0 amide bonds. The summed E-state index contributed by atoms with van der Waals surface area (Å²) < 4.78 is 0. The summed E-state index contributed by atoms with van der Waals surface area (Å²) in [4.78, 5) is 24.0. The molecule has 2 aromatic rings. The third kappa shape index (κ3) is 2.80. The first-order valence-electron chi connectivity index (χ1n) is 5.18. The van der Waals surface area contributed by atoms with Crippen LogP contribution in [0.2, 0.25) is 0 Å². The van der Waals surface area contributed by atoms with Gasteiger partial charge in [-0.3, -0.25) is 25.2 Å². The molecule has 0 saturated carbocycles. The van der Waals surface area contributed by atoms with E-state index in [1.807, 2.05) is 0 Å². The lowest BCUT2D eigenvalue weighted by atomic mass is 10.2. The van der Waals surface area contributed by atoms with Gasteiger partial charge in [-0.15, -0.1) is 0 Å². The van der Waals surface area contributed by atoms with Crippen LogP contribution in [-0.4, -0.2) is 14.8 Å². The fourth-order valence-electron chi connectivity index (χ4n) is 1.48. The highest BCUT2D eigenvalue weighted by molar-refractivity contribution is 5.71. The van der Waals surface area contributed by atoms with Crippen molar-refractivity contribution in [2.24, 2.45) is 0 Å². The number of anilines is 2. The maximum absolute atomic E-state index is 10.9. The SMILES string of the molecule is O=[N+]([O-])c1ccc(Nc2cccnc2)c([N+](=O)[O-])c1. The number of hydrogen-bond acceptors (Lipinski definition) is 6. The number of nitro groups is 2. The first kappa shape index (κ1) is 12.4. The van der Waals surface area contributed by atoms with Gasteiger partial charge in [0.25, 0.3) is 11.4 Å². The molecule has 0 aliphatic carbocycles. The van der Waals surface area contributed by atoms with E-state index >= 15 is 0 Å². The van der Waals surface area contributed by atoms with Gasteiger partial charge >= 0.3 is 0 Å². The predicted octanol–water partition coefficient (Wildman–Crippen LogP) is 2.64. The second-order valence-electron chi connectivity index (χ2n) is 3.58. The van der Waals surface area contributed by atoms with Crippen LogP contribution in [0.3, 0.4) is 0 Å². The topological polar surface area (TPSA) is 111 Å². The maximum Gasteiger partial charge on any atom is 0.299 e. The standard InChI is InChI=1S/C11H8N4O4/c16-14(17)9-3-4-10(11(6-9)15(18)19)13-8-2-1-5-12-7-8/h1-7,13H. The zero-order valence-corrected chi connectivity index (χ0v) is 9.52. The smallest absolute Gasteiger partial charge is 0.299 e. The molecule has 0 aliphatic heterocycles. The minimum atomic E-state index is -0.680. The fourth-order valence-corrected chi connectivity index (χ4v) is 1.48. The molecule has 1 N–H and O–H groups in total. The summed E-state index contributed by atoms with van der Waals surface area (Å²) in [7, 11) is 0. The molecule has 0 radical (unpaired) electrons. The number of hydrogen-bond donors (Lipinski definition) is 1. The van der Waals surface area contributed by atoms with E-state index in [1.54, 1.807) is 18.3 Å². The highest BCUT2D eigenvalue weighted by atomic mass is 16.6. The van der Waals surface area contributed by atoms with Crippen molar-refractivity contribution in [2.75, 3.05) is 5.32 Å². The average molecular weight is 260 g/mol. The summed E-state index contributed by atoms with van der Waals surface area (Å²) in [5.41, 5.74) is 0.0320. The highest BCUT2D eigenvalue weighted by Crippen LogP contribution is 2.30. The lowest BCUT2D eigenvalue weighted by molar-refractivity contribution is -0.393. The zero-order chi connectivity index (χ0) is 13.8. The normalized spacial score (nSPS) is 9.89. The zero-order valence-electron chi connectivity index (χ0n) is 9.52. The van der Waals surface area contributed by atoms with Crippen LogP contribution in [0.25, 0.3) is 0 Å². The Morgan fingerprint density at radius 3 is 2.47 bits per heavy atom. The van der Waals surface area contributed by atoms with Crippen LogP contribution >= 0.6 is 0 Å². The second-order valence-corrected chi connectivity index (χ2v) is 3.58. The van der Waals surface area contributed by atoms with Gasteiger partial charge in [-0.1, -0.05) is 0 Å². The molecule has 1 aromatic heterocycles. The first-order valence-corrected chi connectivity index (χ1v) is 5.18. The van der Waals surface area contributed by atoms with Crippen LogP contribution in [-0.2, 0) is 0 Å². The summed E-state index contributed by atoms with van der Waals surface area (Å²) in [6, 6.07) is 6.76. The Bertz CT molecular complexity index is 630. The number of nitrogens with zero attached hydrogens (tertiary/aromatic N) is 3. The van der Waals surface area contributed by atoms with E-state index in [-0.39, 0.29) is 17.1 Å². The average Bonchev–Trinajstić information content (AvgIpc) is 2.39. The Balaban J connectivity index is 2.40. The Morgan fingerprint density at radius 2 is 1.89 bits per heavy atom. The van der Waals surface area contributed by atoms with E-state index in [1.165, 1.54) is 18.3 Å². The molecule has 0 spiro atoms. The Morgan fingerprint density at radius 1 is 1.11 bits per heavy atom. The van der Waals surface area contributed by atoms with Gasteiger partial charge in [-0.2, -0.15) is 0 Å². The van der Waals surface area contributed by atoms with Gasteiger partial charge in [0, 0.05) is 12.3 Å². The van der Waals surface area contributed by atoms with Crippen molar-refractivity contribution in [3.8, 4) is 0 Å². The Kier molecular flexibility index (Phi) is 3.33. The van der Waals surface area contributed by atoms with E-state index in [0.29, 0.717) is 5.69 Å². The number of benzene rings is 1. The van der Waals surface area contributed by atoms with Gasteiger partial charge in [0.2, 0.25) is 0 Å². The van der Waals surface area contributed by atoms with Crippen molar-refractivity contribution in [3.05, 3.63) is 63.0 Å². The van der Waals surface area contributed by atoms with Gasteiger partial charge in [0.05, 0.1) is 27.8 Å². The molecule has 8 heteroatoms. The summed E-state index contributed by atoms with van der Waals surface area (Å²) in [6.45, 7) is 0. The van der Waals surface area contributed by atoms with Crippen LogP contribution in [0.4, 0.5) is 22.7 Å². The minimum absolute atomic E-state index is 0.170. The van der Waals surface area contributed by atoms with Crippen LogP contribution < -0.4 is 5.32 Å². The first-order chi connectivity index (χ1) is 9.08. The maximum atomic E-state index is 10.9. The molecule has 0 unspecified atom stereocenters. The molecule has 2 rings (SSSR count). The van der Waals surface area contributed by atoms with E-state index in [9.17, 15) is 20.2 Å². The van der Waals surface area contributed by atoms with Gasteiger partial charge in [-0.25, -0.2) is 0 Å². The molecule has 0 bridgehead atoms. The van der Waals surface area contributed by atoms with Gasteiger partial charge in [-0.05, 0) is 18.2 Å². The lowest BCUT2D eigenvalue weighted by Crippen LogP contribution is -1.98. The van der Waals surface area contributed by atoms with Crippen LogP contribution in [0.15, 0.2) is 42.7 Å². The van der Waals surface area contributed by atoms with Gasteiger partial charge in [0.15, 0.2) is 0 Å². The molecule has 0 atom stereocenters. The molecule has 0 saturated heterocycles.